The van der Waals surface area contributed by atoms with Crippen LogP contribution in [0.4, 0.5) is 0 Å². The molecule has 0 amide bonds. The van der Waals surface area contributed by atoms with E-state index in [1.807, 2.05) is 0 Å². The van der Waals surface area contributed by atoms with Gasteiger partial charge in [-0.3, -0.25) is 0 Å². The molecule has 0 atom stereocenters. The van der Waals surface area contributed by atoms with Crippen LogP contribution < -0.4 is 4.74 Å². The minimum absolute atomic E-state index is 0.121. The van der Waals surface area contributed by atoms with Crippen molar-refractivity contribution in [3.63, 3.8) is 0 Å². The number of ether oxygens (including phenoxy) is 1. The van der Waals surface area contributed by atoms with Gasteiger partial charge in [-0.25, -0.2) is 14.4 Å². The van der Waals surface area contributed by atoms with E-state index in [0.29, 0.717) is 0 Å². The number of benzene rings is 1. The summed E-state index contributed by atoms with van der Waals surface area (Å²) < 4.78 is 4.72. The highest BCUT2D eigenvalue weighted by Gasteiger charge is 2.12. The molecule has 0 heterocycles. The van der Waals surface area contributed by atoms with Crippen LogP contribution >= 0.6 is 0 Å². The molecule has 0 aliphatic carbocycles. The van der Waals surface area contributed by atoms with Crippen molar-refractivity contribution in [1.82, 2.24) is 0 Å². The Hall–Kier alpha value is -2.57. The Kier molecular flexibility index (Phi) is 3.66. The molecular weight excluding hydrogens is 232 g/mol. The molecule has 1 aromatic rings. The van der Waals surface area contributed by atoms with Gasteiger partial charge in [0.25, 0.3) is 0 Å². The van der Waals surface area contributed by atoms with Gasteiger partial charge >= 0.3 is 17.9 Å². The second-order valence-corrected chi connectivity index (χ2v) is 3.04. The molecule has 7 heteroatoms. The summed E-state index contributed by atoms with van der Waals surface area (Å²) >= 11 is 0. The van der Waals surface area contributed by atoms with Crippen molar-refractivity contribution < 1.29 is 34.4 Å². The molecule has 0 bridgehead atoms. The summed E-state index contributed by atoms with van der Waals surface area (Å²) in [6, 6.07) is 3.06. The van der Waals surface area contributed by atoms with Crippen molar-refractivity contribution in [2.45, 2.75) is 0 Å². The Bertz CT molecular complexity index is 445. The fourth-order valence-electron chi connectivity index (χ4n) is 1.07. The van der Waals surface area contributed by atoms with Crippen LogP contribution in [0.3, 0.4) is 0 Å². The van der Waals surface area contributed by atoms with Gasteiger partial charge in [0, 0.05) is 0 Å². The molecule has 0 unspecified atom stereocenters. The minimum Gasteiger partial charge on any atom is -0.482 e. The van der Waals surface area contributed by atoms with E-state index in [9.17, 15) is 14.4 Å². The average Bonchev–Trinajstić information content (AvgIpc) is 2.25. The molecule has 1 aromatic carbocycles. The molecule has 0 spiro atoms. The molecule has 0 aliphatic heterocycles. The molecule has 7 nitrogen and oxygen atoms in total. The van der Waals surface area contributed by atoms with Gasteiger partial charge in [0.1, 0.15) is 5.75 Å². The number of hydrogen-bond acceptors (Lipinski definition) is 4. The maximum Gasteiger partial charge on any atom is 0.341 e. The maximum absolute atomic E-state index is 10.7. The Morgan fingerprint density at radius 2 is 1.41 bits per heavy atom. The van der Waals surface area contributed by atoms with Crippen LogP contribution in [-0.4, -0.2) is 39.8 Å². The maximum atomic E-state index is 10.7. The molecule has 0 saturated heterocycles. The van der Waals surface area contributed by atoms with Crippen LogP contribution in [0.25, 0.3) is 0 Å². The Morgan fingerprint density at radius 1 is 0.941 bits per heavy atom. The second-order valence-electron chi connectivity index (χ2n) is 3.04. The number of hydrogen-bond donors (Lipinski definition) is 3. The van der Waals surface area contributed by atoms with E-state index in [2.05, 4.69) is 0 Å². The lowest BCUT2D eigenvalue weighted by Gasteiger charge is -2.05. The first kappa shape index (κ1) is 12.5. The number of carbonyl (C=O) groups is 3. The van der Waals surface area contributed by atoms with Crippen molar-refractivity contribution in [3.05, 3.63) is 29.3 Å². The first-order valence-corrected chi connectivity index (χ1v) is 4.36. The lowest BCUT2D eigenvalue weighted by molar-refractivity contribution is -0.139. The van der Waals surface area contributed by atoms with E-state index in [4.69, 9.17) is 20.1 Å². The fraction of sp³-hybridized carbons (Fsp3) is 0.100. The fourth-order valence-corrected chi connectivity index (χ4v) is 1.07. The predicted molar refractivity (Wildman–Crippen MR) is 53.5 cm³/mol. The summed E-state index contributed by atoms with van der Waals surface area (Å²) in [6.07, 6.45) is 0. The van der Waals surface area contributed by atoms with Crippen molar-refractivity contribution in [2.75, 3.05) is 6.61 Å². The van der Waals surface area contributed by atoms with Crippen LogP contribution in [0, 0.1) is 0 Å². The summed E-state index contributed by atoms with van der Waals surface area (Å²) in [7, 11) is 0. The van der Waals surface area contributed by atoms with Gasteiger partial charge in [0.05, 0.1) is 11.1 Å². The Labute approximate surface area is 94.9 Å². The van der Waals surface area contributed by atoms with E-state index in [-0.39, 0.29) is 16.9 Å². The van der Waals surface area contributed by atoms with E-state index in [0.717, 1.165) is 18.2 Å². The third-order valence-electron chi connectivity index (χ3n) is 1.76. The van der Waals surface area contributed by atoms with Crippen LogP contribution in [0.2, 0.25) is 0 Å². The largest absolute Gasteiger partial charge is 0.482 e. The number of aliphatic carboxylic acids is 1. The minimum atomic E-state index is -1.33. The highest BCUT2D eigenvalue weighted by atomic mass is 16.5. The monoisotopic (exact) mass is 240 g/mol. The molecule has 0 aliphatic rings. The molecule has 0 aromatic heterocycles. The van der Waals surface area contributed by atoms with Crippen LogP contribution in [-0.2, 0) is 4.79 Å². The first-order chi connectivity index (χ1) is 7.90. The molecule has 17 heavy (non-hydrogen) atoms. The van der Waals surface area contributed by atoms with Crippen LogP contribution in [0.1, 0.15) is 20.7 Å². The molecule has 0 radical (unpaired) electrons. The average molecular weight is 240 g/mol. The van der Waals surface area contributed by atoms with Crippen LogP contribution in [0.15, 0.2) is 18.2 Å². The summed E-state index contributed by atoms with van der Waals surface area (Å²) in [4.78, 5) is 31.7. The standard InChI is InChI=1S/C10H8O7/c11-8(12)4-17-7-2-5(9(13)14)1-6(3-7)10(15)16/h1-3H,4H2,(H,11,12)(H,13,14)(H,15,16). The second kappa shape index (κ2) is 4.97. The Morgan fingerprint density at radius 3 is 1.76 bits per heavy atom. The highest BCUT2D eigenvalue weighted by Crippen LogP contribution is 2.17. The lowest BCUT2D eigenvalue weighted by Crippen LogP contribution is -2.11. The number of carboxylic acid groups (broad SMARTS) is 3. The van der Waals surface area contributed by atoms with Crippen molar-refractivity contribution in [2.24, 2.45) is 0 Å². The zero-order chi connectivity index (χ0) is 13.0. The van der Waals surface area contributed by atoms with Gasteiger partial charge in [-0.2, -0.15) is 0 Å². The SMILES string of the molecule is O=C(O)COc1cc(C(=O)O)cc(C(=O)O)c1. The number of rotatable bonds is 5. The molecule has 3 N–H and O–H groups in total. The van der Waals surface area contributed by atoms with E-state index < -0.39 is 24.5 Å². The Balaban J connectivity index is 3.08. The zero-order valence-electron chi connectivity index (χ0n) is 8.41. The molecule has 0 saturated carbocycles. The highest BCUT2D eigenvalue weighted by molar-refractivity contribution is 5.94. The van der Waals surface area contributed by atoms with Crippen molar-refractivity contribution in [1.29, 1.82) is 0 Å². The molecule has 1 rings (SSSR count). The topological polar surface area (TPSA) is 121 Å². The van der Waals surface area contributed by atoms with Gasteiger partial charge in [-0.1, -0.05) is 0 Å². The summed E-state index contributed by atoms with van der Waals surface area (Å²) in [5.74, 6) is -4.02. The summed E-state index contributed by atoms with van der Waals surface area (Å²) in [5, 5.41) is 25.8. The van der Waals surface area contributed by atoms with Crippen molar-refractivity contribution >= 4 is 17.9 Å². The zero-order valence-corrected chi connectivity index (χ0v) is 8.41. The van der Waals surface area contributed by atoms with Gasteiger partial charge in [0.2, 0.25) is 0 Å². The van der Waals surface area contributed by atoms with Gasteiger partial charge in [0.15, 0.2) is 6.61 Å². The molecule has 0 fully saturated rings. The third-order valence-corrected chi connectivity index (χ3v) is 1.76. The van der Waals surface area contributed by atoms with Crippen molar-refractivity contribution in [3.8, 4) is 5.75 Å². The number of carboxylic acids is 3. The molecule has 90 valence electrons. The quantitative estimate of drug-likeness (QED) is 0.686. The number of aromatic carboxylic acids is 2. The van der Waals surface area contributed by atoms with Crippen LogP contribution in [0.5, 0.6) is 5.75 Å². The summed E-state index contributed by atoms with van der Waals surface area (Å²) in [5.41, 5.74) is -0.574. The van der Waals surface area contributed by atoms with Gasteiger partial charge < -0.3 is 20.1 Å². The van der Waals surface area contributed by atoms with Gasteiger partial charge in [-0.05, 0) is 18.2 Å². The first-order valence-electron chi connectivity index (χ1n) is 4.36. The van der Waals surface area contributed by atoms with Gasteiger partial charge in [-0.15, -0.1) is 0 Å². The predicted octanol–water partition coefficient (Wildman–Crippen LogP) is 0.546. The lowest BCUT2D eigenvalue weighted by atomic mass is 10.1. The third kappa shape index (κ3) is 3.49. The van der Waals surface area contributed by atoms with E-state index in [1.54, 1.807) is 0 Å². The van der Waals surface area contributed by atoms with E-state index >= 15 is 0 Å². The smallest absolute Gasteiger partial charge is 0.341 e. The normalized spacial score (nSPS) is 9.65. The summed E-state index contributed by atoms with van der Waals surface area (Å²) in [6.45, 7) is -0.678. The van der Waals surface area contributed by atoms with E-state index in [1.165, 1.54) is 0 Å². The molecular formula is C10H8O7.